The Morgan fingerprint density at radius 1 is 0.617 bits per heavy atom. The number of aryl methyl sites for hydroxylation is 1. The summed E-state index contributed by atoms with van der Waals surface area (Å²) < 4.78 is 145. The number of hydrogen-bond donors (Lipinski definition) is 3. The number of rotatable bonds is 12. The number of amides is 12. The summed E-state index contributed by atoms with van der Waals surface area (Å²) in [7, 11) is 7.39. The summed E-state index contributed by atoms with van der Waals surface area (Å²) in [6.07, 6.45) is -12.6. The molecule has 1 aliphatic carbocycles. The molecule has 5 fully saturated rings. The number of nitrogens with one attached hydrogen (secondary N) is 3. The summed E-state index contributed by atoms with van der Waals surface area (Å²) in [5.41, 5.74) is -5.80. The van der Waals surface area contributed by atoms with E-state index in [0.29, 0.717) is 48.4 Å². The van der Waals surface area contributed by atoms with Gasteiger partial charge in [0.15, 0.2) is 0 Å². The molecule has 0 unspecified atom stereocenters. The van der Waals surface area contributed by atoms with Crippen molar-refractivity contribution < 1.29 is 101 Å². The van der Waals surface area contributed by atoms with Gasteiger partial charge >= 0.3 is 12.4 Å². The monoisotopic (exact) mass is 1530 g/mol. The van der Waals surface area contributed by atoms with Gasteiger partial charge < -0.3 is 60.0 Å². The lowest BCUT2D eigenvalue weighted by Crippen LogP contribution is -2.65. The van der Waals surface area contributed by atoms with E-state index < -0.39 is 234 Å². The highest BCUT2D eigenvalue weighted by molar-refractivity contribution is 6.01. The van der Waals surface area contributed by atoms with Gasteiger partial charge in [0.25, 0.3) is 5.92 Å². The average molecular weight is 1530 g/mol. The van der Waals surface area contributed by atoms with E-state index in [1.807, 2.05) is 0 Å². The van der Waals surface area contributed by atoms with Gasteiger partial charge in [-0.15, -0.1) is 0 Å². The van der Waals surface area contributed by atoms with Gasteiger partial charge in [-0.25, -0.2) is 17.6 Å². The number of carbonyl (C=O) groups excluding carboxylic acids is 12. The summed E-state index contributed by atoms with van der Waals surface area (Å²) in [6.45, 7) is 9.58. The summed E-state index contributed by atoms with van der Waals surface area (Å²) in [5.74, 6) is -21.2. The molecule has 4 aliphatic heterocycles. The molecule has 4 heterocycles. The number of carbonyl (C=O) groups is 12. The number of fused-ring (bicyclic) bond motifs is 2. The zero-order valence-electron chi connectivity index (χ0n) is 62.7. The Bertz CT molecular complexity index is 3620. The van der Waals surface area contributed by atoms with Crippen LogP contribution in [0.3, 0.4) is 0 Å². The Kier molecular flexibility index (Phi) is 27.8. The fraction of sp³-hybridized carbons (Fsp3) is 0.671. The SMILES string of the molecule is CC[C@H](C)[C@@H]1NC(=O)[C@H](CC(C)C)N(C)C(=O)C[C@@H](C(=O)N2CCCC2)N(C)C(=O)[C@H]([C@@H](C)CC)N(C)C(=O)C2(CCCC2)NC(=O)[C@@H]2CC(F)(F)CN2C(=O)[C@H](CCc2cc(F)c(C(F)(F)F)c(F)c2)NC(=O)CN(C)C(=O)[C@H](Cc2ccc(C(F)(F)F)cc2)N(C)C(=O)[C@@H]2CCN2C(=O)[C@H](C)N(C)C1=O. The topological polar surface area (TPSA) is 270 Å². The van der Waals surface area contributed by atoms with E-state index in [4.69, 9.17) is 0 Å². The maximum absolute atomic E-state index is 16.1. The third-order valence-corrected chi connectivity index (χ3v) is 22.0. The van der Waals surface area contributed by atoms with Crippen LogP contribution in [0.5, 0.6) is 0 Å². The van der Waals surface area contributed by atoms with Gasteiger partial charge in [-0.1, -0.05) is 79.4 Å². The lowest BCUT2D eigenvalue weighted by Gasteiger charge is -2.45. The van der Waals surface area contributed by atoms with Crippen molar-refractivity contribution in [3.05, 3.63) is 70.3 Å². The zero-order valence-corrected chi connectivity index (χ0v) is 62.7. The van der Waals surface area contributed by atoms with E-state index in [1.54, 1.807) is 41.5 Å². The van der Waals surface area contributed by atoms with Crippen LogP contribution in [0.4, 0.5) is 43.9 Å². The van der Waals surface area contributed by atoms with E-state index in [0.717, 1.165) is 60.5 Å². The summed E-state index contributed by atoms with van der Waals surface area (Å²) >= 11 is 0. The van der Waals surface area contributed by atoms with Gasteiger partial charge in [-0.05, 0) is 111 Å². The maximum atomic E-state index is 16.1. The second-order valence-electron chi connectivity index (χ2n) is 29.9. The smallest absolute Gasteiger partial charge is 0.343 e. The Morgan fingerprint density at radius 2 is 1.21 bits per heavy atom. The fourth-order valence-electron chi connectivity index (χ4n) is 14.8. The molecule has 2 aromatic rings. The van der Waals surface area contributed by atoms with E-state index >= 15 is 31.9 Å². The van der Waals surface area contributed by atoms with E-state index in [1.165, 1.54) is 40.0 Å². The molecule has 1 saturated carbocycles. The quantitative estimate of drug-likeness (QED) is 0.201. The minimum Gasteiger partial charge on any atom is -0.343 e. The average Bonchev–Trinajstić information content (AvgIpc) is 1.74. The number of likely N-dealkylation sites (N-methyl/N-ethyl adjacent to an activating group) is 6. The first-order chi connectivity index (χ1) is 49.8. The molecular formula is C73H100F10N12O12. The molecular weight excluding hydrogens is 1430 g/mol. The van der Waals surface area contributed by atoms with Crippen LogP contribution < -0.4 is 16.0 Å². The van der Waals surface area contributed by atoms with Crippen LogP contribution in [-0.2, 0) is 82.7 Å². The van der Waals surface area contributed by atoms with Crippen LogP contribution in [-0.4, -0.2) is 256 Å². The van der Waals surface area contributed by atoms with Crippen LogP contribution in [0.15, 0.2) is 36.4 Å². The molecule has 107 heavy (non-hydrogen) atoms. The maximum Gasteiger partial charge on any atom is 0.422 e. The Hall–Kier alpha value is -8.62. The van der Waals surface area contributed by atoms with Gasteiger partial charge in [-0.2, -0.15) is 26.3 Å². The lowest BCUT2D eigenvalue weighted by molar-refractivity contribution is -0.160. The van der Waals surface area contributed by atoms with Crippen molar-refractivity contribution >= 4 is 70.9 Å². The van der Waals surface area contributed by atoms with Crippen LogP contribution in [0, 0.1) is 29.4 Å². The Labute approximate surface area is 616 Å². The van der Waals surface area contributed by atoms with Crippen molar-refractivity contribution in [2.75, 3.05) is 75.0 Å². The first kappa shape index (κ1) is 85.6. The third kappa shape index (κ3) is 19.6. The minimum atomic E-state index is -5.52. The molecule has 0 aromatic heterocycles. The highest BCUT2D eigenvalue weighted by atomic mass is 19.4. The molecule has 11 atom stereocenters. The molecule has 594 valence electrons. The van der Waals surface area contributed by atoms with E-state index in [2.05, 4.69) is 16.0 Å². The second-order valence-corrected chi connectivity index (χ2v) is 29.9. The van der Waals surface area contributed by atoms with Crippen molar-refractivity contribution in [1.29, 1.82) is 0 Å². The van der Waals surface area contributed by atoms with Crippen molar-refractivity contribution in [2.24, 2.45) is 17.8 Å². The van der Waals surface area contributed by atoms with E-state index in [9.17, 15) is 69.5 Å². The van der Waals surface area contributed by atoms with Crippen LogP contribution in [0.1, 0.15) is 154 Å². The fourth-order valence-corrected chi connectivity index (χ4v) is 14.8. The molecule has 34 heteroatoms. The molecule has 5 aliphatic rings. The number of benzene rings is 2. The minimum absolute atomic E-state index is 0.0153. The normalized spacial score (nSPS) is 26.5. The van der Waals surface area contributed by atoms with Crippen LogP contribution in [0.25, 0.3) is 0 Å². The van der Waals surface area contributed by atoms with Gasteiger partial charge in [0.2, 0.25) is 70.9 Å². The number of halogens is 10. The van der Waals surface area contributed by atoms with Gasteiger partial charge in [0.1, 0.15) is 77.1 Å². The highest BCUT2D eigenvalue weighted by Crippen LogP contribution is 2.39. The predicted octanol–water partition coefficient (Wildman–Crippen LogP) is 6.19. The number of hydrogen-bond acceptors (Lipinski definition) is 12. The zero-order chi connectivity index (χ0) is 80.0. The second kappa shape index (κ2) is 34.7. The predicted molar refractivity (Wildman–Crippen MR) is 368 cm³/mol. The Balaban J connectivity index is 1.34. The van der Waals surface area contributed by atoms with Crippen LogP contribution in [0.2, 0.25) is 0 Å². The lowest BCUT2D eigenvalue weighted by atomic mass is 9.90. The first-order valence-corrected chi connectivity index (χ1v) is 36.3. The molecule has 0 radical (unpaired) electrons. The van der Waals surface area contributed by atoms with Crippen molar-refractivity contribution in [1.82, 2.24) is 60.0 Å². The Morgan fingerprint density at radius 3 is 1.74 bits per heavy atom. The molecule has 2 aromatic carbocycles. The number of likely N-dealkylation sites (tertiary alicyclic amines) is 1. The van der Waals surface area contributed by atoms with Crippen molar-refractivity contribution in [3.63, 3.8) is 0 Å². The molecule has 4 saturated heterocycles. The third-order valence-electron chi connectivity index (χ3n) is 22.0. The largest absolute Gasteiger partial charge is 0.422 e. The number of alkyl halides is 8. The molecule has 1 spiro atoms. The molecule has 12 amide bonds. The first-order valence-electron chi connectivity index (χ1n) is 36.3. The highest BCUT2D eigenvalue weighted by Gasteiger charge is 2.56. The molecule has 0 bridgehead atoms. The molecule has 3 N–H and O–H groups in total. The summed E-state index contributed by atoms with van der Waals surface area (Å²) in [6, 6.07) is -10.3. The summed E-state index contributed by atoms with van der Waals surface area (Å²) in [4.78, 5) is 188. The van der Waals surface area contributed by atoms with Crippen LogP contribution >= 0.6 is 0 Å². The van der Waals surface area contributed by atoms with Gasteiger partial charge in [0.05, 0.1) is 25.1 Å². The number of nitrogens with zero attached hydrogens (tertiary/aromatic N) is 9. The standard InChI is InChI=1S/C73H100F10N12O12/c1-14-41(5)58-67(105)88(9)43(7)62(100)94-31-26-50(94)65(103)90(11)52(35-44-20-23-46(24-21-44)72(78,79)80)64(102)87(8)38-55(96)84-49(25-22-45-33-47(74)57(48(75)34-45)73(81,82)83)63(101)95-39-71(76,77)37-54(95)61(99)86-70(27-16-17-28-70)69(107)92(13)59(42(6)15-2)68(106)91(12)53(66(104)93-29-18-19-30-93)36-56(97)89(10)51(32-40(3)4)60(98)85-58/h20-21,23-24,33-34,40-43,49-54,58-59H,14-19,22,25-32,35-39H2,1-13H3,(H,84,96)(H,85,98)(H,86,99)/t41-,42-,43-,49-,50-,51-,52-,53-,54-,58-,59-/m0/s1. The van der Waals surface area contributed by atoms with Crippen molar-refractivity contribution in [2.45, 2.75) is 223 Å². The summed E-state index contributed by atoms with van der Waals surface area (Å²) in [5, 5.41) is 7.76. The molecule has 7 rings (SSSR count). The molecule has 24 nitrogen and oxygen atoms in total. The van der Waals surface area contributed by atoms with Crippen molar-refractivity contribution in [3.8, 4) is 0 Å². The van der Waals surface area contributed by atoms with Gasteiger partial charge in [-0.3, -0.25) is 57.5 Å². The van der Waals surface area contributed by atoms with E-state index in [-0.39, 0.29) is 76.1 Å². The van der Waals surface area contributed by atoms with Gasteiger partial charge in [0, 0.05) is 74.8 Å².